The molecule has 0 heterocycles. The van der Waals surface area contributed by atoms with Gasteiger partial charge in [-0.3, -0.25) is 4.79 Å². The zero-order valence-electron chi connectivity index (χ0n) is 18.7. The summed E-state index contributed by atoms with van der Waals surface area (Å²) < 4.78 is 11.7. The first-order valence-electron chi connectivity index (χ1n) is 11.3. The third-order valence-corrected chi connectivity index (χ3v) is 4.93. The molecule has 3 aromatic carbocycles. The Kier molecular flexibility index (Phi) is 9.46. The molecule has 0 aromatic heterocycles. The largest absolute Gasteiger partial charge is 0.494 e. The number of amides is 1. The molecule has 0 spiro atoms. The van der Waals surface area contributed by atoms with Crippen molar-refractivity contribution >= 4 is 17.3 Å². The summed E-state index contributed by atoms with van der Waals surface area (Å²) in [5.74, 6) is 1.35. The van der Waals surface area contributed by atoms with Gasteiger partial charge in [-0.2, -0.15) is 0 Å². The number of rotatable bonds is 13. The van der Waals surface area contributed by atoms with Crippen LogP contribution in [0.25, 0.3) is 0 Å². The smallest absolute Gasteiger partial charge is 0.243 e. The van der Waals surface area contributed by atoms with E-state index in [9.17, 15) is 4.79 Å². The minimum atomic E-state index is -0.136. The fourth-order valence-electron chi connectivity index (χ4n) is 3.21. The van der Waals surface area contributed by atoms with Crippen molar-refractivity contribution in [2.45, 2.75) is 32.6 Å². The highest BCUT2D eigenvalue weighted by molar-refractivity contribution is 5.95. The number of hydrogen-bond acceptors (Lipinski definition) is 4. The molecule has 0 unspecified atom stereocenters. The fourth-order valence-corrected chi connectivity index (χ4v) is 3.21. The fraction of sp³-hybridized carbons (Fsp3) is 0.296. The zero-order valence-corrected chi connectivity index (χ0v) is 18.7. The maximum Gasteiger partial charge on any atom is 0.243 e. The first-order valence-corrected chi connectivity index (χ1v) is 11.3. The number of anilines is 2. The molecule has 0 fully saturated rings. The van der Waals surface area contributed by atoms with Crippen molar-refractivity contribution in [1.29, 1.82) is 0 Å². The molecule has 1 amide bonds. The Bertz CT molecular complexity index is 960. The molecule has 0 atom stereocenters. The van der Waals surface area contributed by atoms with E-state index in [2.05, 4.69) is 29.7 Å². The van der Waals surface area contributed by atoms with Crippen LogP contribution in [0, 0.1) is 0 Å². The summed E-state index contributed by atoms with van der Waals surface area (Å²) >= 11 is 0. The summed E-state index contributed by atoms with van der Waals surface area (Å²) in [4.78, 5) is 12.5. The van der Waals surface area contributed by atoms with Gasteiger partial charge in [0.2, 0.25) is 5.91 Å². The third-order valence-electron chi connectivity index (χ3n) is 4.93. The van der Waals surface area contributed by atoms with Crippen molar-refractivity contribution in [2.24, 2.45) is 0 Å². The van der Waals surface area contributed by atoms with Crippen LogP contribution in [0.1, 0.15) is 31.7 Å². The molecule has 0 saturated carbocycles. The van der Waals surface area contributed by atoms with E-state index in [-0.39, 0.29) is 12.5 Å². The third kappa shape index (κ3) is 7.99. The zero-order chi connectivity index (χ0) is 22.4. The van der Waals surface area contributed by atoms with Crippen molar-refractivity contribution in [2.75, 3.05) is 30.4 Å². The van der Waals surface area contributed by atoms with Crippen molar-refractivity contribution in [3.8, 4) is 11.5 Å². The molecule has 0 bridgehead atoms. The number of unbranched alkanes of at least 4 members (excludes halogenated alkanes) is 1. The Labute approximate surface area is 190 Å². The number of hydrogen-bond donors (Lipinski definition) is 2. The standard InChI is InChI=1S/C27H32N2O3/c1-2-3-18-31-24-15-9-14-23(20-24)28-21-27(30)29-25-16-7-8-17-26(25)32-19-10-13-22-11-5-4-6-12-22/h4-9,11-12,14-17,20,28H,2-3,10,13,18-19,21H2,1H3,(H,29,30). The Balaban J connectivity index is 1.45. The molecule has 3 rings (SSSR count). The predicted octanol–water partition coefficient (Wildman–Crippen LogP) is 5.93. The van der Waals surface area contributed by atoms with Gasteiger partial charge in [-0.05, 0) is 49.1 Å². The van der Waals surface area contributed by atoms with E-state index in [1.54, 1.807) is 0 Å². The second kappa shape index (κ2) is 13.1. The van der Waals surface area contributed by atoms with Gasteiger partial charge in [0.1, 0.15) is 11.5 Å². The van der Waals surface area contributed by atoms with Crippen LogP contribution in [0.4, 0.5) is 11.4 Å². The summed E-state index contributed by atoms with van der Waals surface area (Å²) in [6, 6.07) is 25.5. The highest BCUT2D eigenvalue weighted by Gasteiger charge is 2.08. The summed E-state index contributed by atoms with van der Waals surface area (Å²) in [5, 5.41) is 6.09. The maximum absolute atomic E-state index is 12.5. The quantitative estimate of drug-likeness (QED) is 0.329. The second-order valence-electron chi connectivity index (χ2n) is 7.57. The molecule has 5 nitrogen and oxygen atoms in total. The number of carbonyl (C=O) groups excluding carboxylic acids is 1. The minimum absolute atomic E-state index is 0.136. The van der Waals surface area contributed by atoms with Crippen molar-refractivity contribution in [3.63, 3.8) is 0 Å². The lowest BCUT2D eigenvalue weighted by atomic mass is 10.1. The lowest BCUT2D eigenvalue weighted by Gasteiger charge is -2.13. The van der Waals surface area contributed by atoms with Crippen LogP contribution in [-0.2, 0) is 11.2 Å². The van der Waals surface area contributed by atoms with E-state index in [1.165, 1.54) is 5.56 Å². The highest BCUT2D eigenvalue weighted by atomic mass is 16.5. The first kappa shape index (κ1) is 23.2. The van der Waals surface area contributed by atoms with Gasteiger partial charge in [0, 0.05) is 11.8 Å². The molecule has 0 aliphatic rings. The molecule has 0 aliphatic heterocycles. The van der Waals surface area contributed by atoms with E-state index in [4.69, 9.17) is 9.47 Å². The van der Waals surface area contributed by atoms with Crippen LogP contribution < -0.4 is 20.1 Å². The minimum Gasteiger partial charge on any atom is -0.494 e. The number of benzene rings is 3. The highest BCUT2D eigenvalue weighted by Crippen LogP contribution is 2.24. The molecule has 0 saturated heterocycles. The van der Waals surface area contributed by atoms with E-state index in [0.29, 0.717) is 24.7 Å². The van der Waals surface area contributed by atoms with Gasteiger partial charge in [-0.1, -0.05) is 61.9 Å². The van der Waals surface area contributed by atoms with Crippen LogP contribution in [-0.4, -0.2) is 25.7 Å². The van der Waals surface area contributed by atoms with Gasteiger partial charge in [0.05, 0.1) is 25.4 Å². The van der Waals surface area contributed by atoms with E-state index in [1.807, 2.05) is 66.7 Å². The van der Waals surface area contributed by atoms with Gasteiger partial charge < -0.3 is 20.1 Å². The van der Waals surface area contributed by atoms with Crippen molar-refractivity contribution in [1.82, 2.24) is 0 Å². The van der Waals surface area contributed by atoms with Gasteiger partial charge in [0.15, 0.2) is 0 Å². The second-order valence-corrected chi connectivity index (χ2v) is 7.57. The maximum atomic E-state index is 12.5. The van der Waals surface area contributed by atoms with Crippen molar-refractivity contribution in [3.05, 3.63) is 84.4 Å². The number of nitrogens with one attached hydrogen (secondary N) is 2. The number of aryl methyl sites for hydroxylation is 1. The van der Waals surface area contributed by atoms with Gasteiger partial charge >= 0.3 is 0 Å². The topological polar surface area (TPSA) is 59.6 Å². The summed E-state index contributed by atoms with van der Waals surface area (Å²) in [7, 11) is 0. The molecular formula is C27H32N2O3. The Morgan fingerprint density at radius 3 is 2.47 bits per heavy atom. The lowest BCUT2D eigenvalue weighted by Crippen LogP contribution is -2.22. The van der Waals surface area contributed by atoms with Crippen molar-refractivity contribution < 1.29 is 14.3 Å². The van der Waals surface area contributed by atoms with Crippen LogP contribution in [0.2, 0.25) is 0 Å². The summed E-state index contributed by atoms with van der Waals surface area (Å²) in [6.07, 6.45) is 3.98. The average molecular weight is 433 g/mol. The van der Waals surface area contributed by atoms with Gasteiger partial charge in [-0.15, -0.1) is 0 Å². The number of para-hydroxylation sites is 2. The number of ether oxygens (including phenoxy) is 2. The molecule has 168 valence electrons. The molecule has 2 N–H and O–H groups in total. The lowest BCUT2D eigenvalue weighted by molar-refractivity contribution is -0.114. The molecular weight excluding hydrogens is 400 g/mol. The van der Waals surface area contributed by atoms with Crippen LogP contribution in [0.5, 0.6) is 11.5 Å². The van der Waals surface area contributed by atoms with Crippen LogP contribution >= 0.6 is 0 Å². The van der Waals surface area contributed by atoms with E-state index < -0.39 is 0 Å². The van der Waals surface area contributed by atoms with Gasteiger partial charge in [0.25, 0.3) is 0 Å². The first-order chi connectivity index (χ1) is 15.7. The SMILES string of the molecule is CCCCOc1cccc(NCC(=O)Nc2ccccc2OCCCc2ccccc2)c1. The Morgan fingerprint density at radius 2 is 1.62 bits per heavy atom. The molecule has 0 radical (unpaired) electrons. The Morgan fingerprint density at radius 1 is 0.844 bits per heavy atom. The monoisotopic (exact) mass is 432 g/mol. The summed E-state index contributed by atoms with van der Waals surface area (Å²) in [6.45, 7) is 3.57. The average Bonchev–Trinajstić information content (AvgIpc) is 2.83. The molecule has 5 heteroatoms. The molecule has 0 aliphatic carbocycles. The van der Waals surface area contributed by atoms with E-state index in [0.717, 1.165) is 37.1 Å². The Hall–Kier alpha value is -3.47. The normalized spacial score (nSPS) is 10.4. The predicted molar refractivity (Wildman–Crippen MR) is 131 cm³/mol. The van der Waals surface area contributed by atoms with Gasteiger partial charge in [-0.25, -0.2) is 0 Å². The molecule has 32 heavy (non-hydrogen) atoms. The molecule has 3 aromatic rings. The van der Waals surface area contributed by atoms with Crippen LogP contribution in [0.3, 0.4) is 0 Å². The summed E-state index contributed by atoms with van der Waals surface area (Å²) in [5.41, 5.74) is 2.82. The van der Waals surface area contributed by atoms with Crippen LogP contribution in [0.15, 0.2) is 78.9 Å². The van der Waals surface area contributed by atoms with E-state index >= 15 is 0 Å². The number of carbonyl (C=O) groups is 1.